The first-order valence-corrected chi connectivity index (χ1v) is 8.46. The summed E-state index contributed by atoms with van der Waals surface area (Å²) in [6.07, 6.45) is 5.32. The summed E-state index contributed by atoms with van der Waals surface area (Å²) in [5.74, 6) is 0. The molecule has 2 aromatic rings. The van der Waals surface area contributed by atoms with E-state index in [1.807, 2.05) is 0 Å². The lowest BCUT2D eigenvalue weighted by Crippen LogP contribution is -2.21. The number of fused-ring (bicyclic) bond motifs is 2. The minimum absolute atomic E-state index is 0.286. The molecule has 0 aliphatic heterocycles. The minimum Gasteiger partial charge on any atom is -0.0622 e. The van der Waals surface area contributed by atoms with Crippen molar-refractivity contribution >= 4 is 31.7 Å². The second-order valence-corrected chi connectivity index (χ2v) is 6.97. The molecule has 100 valence electrons. The fraction of sp³-hybridized carbons (Fsp3) is 0.263. The molecule has 2 aromatic carbocycles. The van der Waals surface area contributed by atoms with Gasteiger partial charge in [0.2, 0.25) is 0 Å². The molecule has 0 unspecified atom stereocenters. The maximum Gasteiger partial charge on any atom is 0.0252 e. The normalized spacial score (nSPS) is 19.6. The van der Waals surface area contributed by atoms with Gasteiger partial charge in [0.1, 0.15) is 0 Å². The van der Waals surface area contributed by atoms with E-state index in [4.69, 9.17) is 0 Å². The van der Waals surface area contributed by atoms with E-state index in [0.717, 1.165) is 0 Å². The molecule has 1 spiro atoms. The summed E-state index contributed by atoms with van der Waals surface area (Å²) in [4.78, 5) is 0. The lowest BCUT2D eigenvalue weighted by Gasteiger charge is -2.29. The van der Waals surface area contributed by atoms with Crippen LogP contribution in [0.15, 0.2) is 54.6 Å². The van der Waals surface area contributed by atoms with Gasteiger partial charge in [-0.05, 0) is 57.7 Å². The van der Waals surface area contributed by atoms with Crippen LogP contribution in [0.25, 0.3) is 9.15 Å². The van der Waals surface area contributed by atoms with Crippen LogP contribution in [0.2, 0.25) is 0 Å². The molecule has 0 amide bonds. The quantitative estimate of drug-likeness (QED) is 0.554. The fourth-order valence-electron chi connectivity index (χ4n) is 4.08. The van der Waals surface area contributed by atoms with Crippen molar-refractivity contribution in [3.63, 3.8) is 0 Å². The van der Waals surface area contributed by atoms with Gasteiger partial charge in [-0.15, -0.1) is 0 Å². The number of benzene rings is 2. The van der Waals surface area contributed by atoms with Gasteiger partial charge in [-0.25, -0.2) is 0 Å². The highest BCUT2D eigenvalue weighted by molar-refractivity contribution is 14.1. The molecule has 0 atom stereocenters. The molecule has 0 nitrogen and oxygen atoms in total. The van der Waals surface area contributed by atoms with Crippen molar-refractivity contribution in [2.24, 2.45) is 0 Å². The molecule has 2 aliphatic carbocycles. The zero-order valence-electron chi connectivity index (χ0n) is 11.4. The van der Waals surface area contributed by atoms with E-state index in [9.17, 15) is 0 Å². The summed E-state index contributed by atoms with van der Waals surface area (Å²) in [7, 11) is 0. The zero-order valence-corrected chi connectivity index (χ0v) is 13.6. The number of allylic oxidation sites excluding steroid dienone is 1. The van der Waals surface area contributed by atoms with Gasteiger partial charge in [-0.2, -0.15) is 0 Å². The van der Waals surface area contributed by atoms with Crippen molar-refractivity contribution in [3.8, 4) is 0 Å². The Morgan fingerprint density at radius 2 is 1.45 bits per heavy atom. The van der Waals surface area contributed by atoms with E-state index in [2.05, 4.69) is 77.2 Å². The summed E-state index contributed by atoms with van der Waals surface area (Å²) in [6.45, 7) is 0. The van der Waals surface area contributed by atoms with Crippen LogP contribution in [-0.4, -0.2) is 0 Å². The Balaban J connectivity index is 2.00. The van der Waals surface area contributed by atoms with Crippen LogP contribution < -0.4 is 0 Å². The Bertz CT molecular complexity index is 676. The van der Waals surface area contributed by atoms with E-state index < -0.39 is 0 Å². The van der Waals surface area contributed by atoms with Gasteiger partial charge in [0, 0.05) is 8.99 Å². The molecule has 0 aromatic heterocycles. The van der Waals surface area contributed by atoms with Crippen LogP contribution in [-0.2, 0) is 5.41 Å². The van der Waals surface area contributed by atoms with Crippen LogP contribution in [0.4, 0.5) is 0 Å². The van der Waals surface area contributed by atoms with Crippen molar-refractivity contribution < 1.29 is 0 Å². The molecular weight excluding hydrogens is 355 g/mol. The van der Waals surface area contributed by atoms with E-state index in [1.54, 1.807) is 11.1 Å². The molecule has 20 heavy (non-hydrogen) atoms. The van der Waals surface area contributed by atoms with Crippen LogP contribution in [0, 0.1) is 0 Å². The van der Waals surface area contributed by atoms with Gasteiger partial charge in [0.25, 0.3) is 0 Å². The van der Waals surface area contributed by atoms with Crippen LogP contribution >= 0.6 is 22.6 Å². The Hall–Kier alpha value is -1.09. The van der Waals surface area contributed by atoms with Crippen molar-refractivity contribution in [2.75, 3.05) is 0 Å². The summed E-state index contributed by atoms with van der Waals surface area (Å²) in [5.41, 5.74) is 6.32. The van der Waals surface area contributed by atoms with Gasteiger partial charge >= 0.3 is 0 Å². The molecule has 2 aliphatic rings. The maximum absolute atomic E-state index is 2.57. The average molecular weight is 372 g/mol. The smallest absolute Gasteiger partial charge is 0.0252 e. The molecule has 0 saturated heterocycles. The van der Waals surface area contributed by atoms with Crippen molar-refractivity contribution in [3.05, 3.63) is 71.3 Å². The topological polar surface area (TPSA) is 0 Å². The third-order valence-corrected chi connectivity index (χ3v) is 6.02. The zero-order chi connectivity index (χ0) is 13.6. The highest BCUT2D eigenvalue weighted by Crippen LogP contribution is 2.60. The first kappa shape index (κ1) is 12.6. The van der Waals surface area contributed by atoms with Gasteiger partial charge in [0.15, 0.2) is 0 Å². The van der Waals surface area contributed by atoms with Gasteiger partial charge in [0.05, 0.1) is 0 Å². The number of hydrogen-bond donors (Lipinski definition) is 0. The Kier molecular flexibility index (Phi) is 2.99. The predicted octanol–water partition coefficient (Wildman–Crippen LogP) is 5.82. The fourth-order valence-corrected chi connectivity index (χ4v) is 5.37. The second kappa shape index (κ2) is 4.73. The maximum atomic E-state index is 2.57. The molecule has 0 radical (unpaired) electrons. The third kappa shape index (κ3) is 1.65. The summed E-state index contributed by atoms with van der Waals surface area (Å²) < 4.78 is 1.46. The number of halogens is 1. The molecule has 0 heterocycles. The van der Waals surface area contributed by atoms with Crippen molar-refractivity contribution in [1.29, 1.82) is 0 Å². The first-order chi connectivity index (χ1) is 9.83. The van der Waals surface area contributed by atoms with E-state index >= 15 is 0 Å². The monoisotopic (exact) mass is 372 g/mol. The van der Waals surface area contributed by atoms with Gasteiger partial charge in [-0.1, -0.05) is 67.4 Å². The molecular formula is C19H17I. The van der Waals surface area contributed by atoms with Crippen LogP contribution in [0.5, 0.6) is 0 Å². The minimum atomic E-state index is 0.286. The lowest BCUT2D eigenvalue weighted by molar-refractivity contribution is 0.586. The van der Waals surface area contributed by atoms with Gasteiger partial charge in [-0.3, -0.25) is 0 Å². The van der Waals surface area contributed by atoms with Crippen LogP contribution in [0.3, 0.4) is 0 Å². The highest BCUT2D eigenvalue weighted by atomic mass is 127. The first-order valence-electron chi connectivity index (χ1n) is 7.38. The van der Waals surface area contributed by atoms with Crippen LogP contribution in [0.1, 0.15) is 42.4 Å². The second-order valence-electron chi connectivity index (χ2n) is 5.89. The third-order valence-electron chi connectivity index (χ3n) is 4.90. The van der Waals surface area contributed by atoms with Crippen molar-refractivity contribution in [1.82, 2.24) is 0 Å². The summed E-state index contributed by atoms with van der Waals surface area (Å²) in [6, 6.07) is 20.0. The molecule has 0 N–H and O–H groups in total. The average Bonchev–Trinajstić information content (AvgIpc) is 3.07. The van der Waals surface area contributed by atoms with E-state index in [0.29, 0.717) is 0 Å². The van der Waals surface area contributed by atoms with Crippen molar-refractivity contribution in [2.45, 2.75) is 31.1 Å². The Morgan fingerprint density at radius 1 is 0.800 bits per heavy atom. The molecule has 4 rings (SSSR count). The molecule has 1 heteroatoms. The number of rotatable bonds is 1. The predicted molar refractivity (Wildman–Crippen MR) is 93.9 cm³/mol. The summed E-state index contributed by atoms with van der Waals surface area (Å²) in [5, 5.41) is 0. The molecule has 0 bridgehead atoms. The van der Waals surface area contributed by atoms with Gasteiger partial charge < -0.3 is 0 Å². The summed E-state index contributed by atoms with van der Waals surface area (Å²) >= 11 is 2.57. The Morgan fingerprint density at radius 3 is 2.20 bits per heavy atom. The largest absolute Gasteiger partial charge is 0.0622 e. The molecule has 1 saturated carbocycles. The SMILES string of the molecule is IC1=C(c2ccccc2)C2(CCCC2)c2ccccc21. The number of hydrogen-bond acceptors (Lipinski definition) is 0. The van der Waals surface area contributed by atoms with E-state index in [1.165, 1.54) is 40.4 Å². The van der Waals surface area contributed by atoms with E-state index in [-0.39, 0.29) is 5.41 Å². The molecule has 1 fully saturated rings. The Labute approximate surface area is 134 Å². The lowest BCUT2D eigenvalue weighted by atomic mass is 9.73. The standard InChI is InChI=1S/C19H17I/c20-18-15-10-4-5-11-16(15)19(12-6-7-13-19)17(18)14-8-2-1-3-9-14/h1-5,8-11H,6-7,12-13H2. The highest BCUT2D eigenvalue weighted by Gasteiger charge is 2.46.